The fraction of sp³-hybridized carbons (Fsp3) is 0.448. The van der Waals surface area contributed by atoms with Gasteiger partial charge in [0.1, 0.15) is 12.4 Å². The molecule has 3 aliphatic rings. The predicted octanol–water partition coefficient (Wildman–Crippen LogP) is 7.11. The van der Waals surface area contributed by atoms with Crippen LogP contribution >= 0.6 is 11.8 Å². The number of carbonyl (C=O) groups is 1. The van der Waals surface area contributed by atoms with E-state index in [2.05, 4.69) is 0 Å². The van der Waals surface area contributed by atoms with Gasteiger partial charge in [0.15, 0.2) is 5.17 Å². The molecule has 0 bridgehead atoms. The van der Waals surface area contributed by atoms with Crippen molar-refractivity contribution < 1.29 is 14.5 Å². The van der Waals surface area contributed by atoms with Gasteiger partial charge in [0.05, 0.1) is 15.9 Å². The molecule has 2 aromatic carbocycles. The molecule has 0 aromatic heterocycles. The summed E-state index contributed by atoms with van der Waals surface area (Å²) in [6, 6.07) is 14.6. The van der Waals surface area contributed by atoms with Gasteiger partial charge in [-0.05, 0) is 55.2 Å². The van der Waals surface area contributed by atoms with Gasteiger partial charge >= 0.3 is 0 Å². The minimum absolute atomic E-state index is 0.0389. The molecule has 2 aromatic rings. The van der Waals surface area contributed by atoms with E-state index in [4.69, 9.17) is 9.73 Å². The van der Waals surface area contributed by atoms with E-state index in [-0.39, 0.29) is 24.2 Å². The summed E-state index contributed by atoms with van der Waals surface area (Å²) in [6.45, 7) is 0.200. The Kier molecular flexibility index (Phi) is 8.24. The number of amides is 1. The number of amidine groups is 1. The van der Waals surface area contributed by atoms with Gasteiger partial charge in [-0.2, -0.15) is 0 Å². The topological polar surface area (TPSA) is 85.0 Å². The number of benzene rings is 2. The lowest BCUT2D eigenvalue weighted by atomic mass is 9.94. The van der Waals surface area contributed by atoms with Crippen molar-refractivity contribution in [3.05, 3.63) is 74.7 Å². The second kappa shape index (κ2) is 11.9. The van der Waals surface area contributed by atoms with E-state index < -0.39 is 4.92 Å². The van der Waals surface area contributed by atoms with Crippen LogP contribution in [-0.2, 0) is 11.4 Å². The number of para-hydroxylation sites is 1. The van der Waals surface area contributed by atoms with E-state index in [9.17, 15) is 14.9 Å². The smallest absolute Gasteiger partial charge is 0.269 e. The molecule has 0 N–H and O–H groups in total. The molecule has 37 heavy (non-hydrogen) atoms. The second-order valence-electron chi connectivity index (χ2n) is 10.0. The first-order chi connectivity index (χ1) is 18.1. The fourth-order valence-corrected chi connectivity index (χ4v) is 6.50. The van der Waals surface area contributed by atoms with Gasteiger partial charge < -0.3 is 4.74 Å². The second-order valence-corrected chi connectivity index (χ2v) is 11.0. The molecular formula is C29H33N3O4S. The number of nitro groups is 1. The molecule has 0 unspecified atom stereocenters. The highest BCUT2D eigenvalue weighted by Crippen LogP contribution is 2.39. The van der Waals surface area contributed by atoms with E-state index in [0.29, 0.717) is 22.3 Å². The zero-order valence-electron chi connectivity index (χ0n) is 21.0. The van der Waals surface area contributed by atoms with E-state index in [1.807, 2.05) is 35.2 Å². The summed E-state index contributed by atoms with van der Waals surface area (Å²) < 4.78 is 6.06. The van der Waals surface area contributed by atoms with Crippen molar-refractivity contribution >= 4 is 34.6 Å². The molecule has 1 heterocycles. The van der Waals surface area contributed by atoms with Crippen molar-refractivity contribution in [2.75, 3.05) is 0 Å². The fourth-order valence-electron chi connectivity index (χ4n) is 5.40. The number of nitro benzene ring substituents is 1. The molecule has 0 spiro atoms. The van der Waals surface area contributed by atoms with Gasteiger partial charge in [0.2, 0.25) is 0 Å². The van der Waals surface area contributed by atoms with Crippen LogP contribution in [0.1, 0.15) is 75.3 Å². The molecule has 2 aliphatic carbocycles. The molecule has 1 amide bonds. The highest BCUT2D eigenvalue weighted by atomic mass is 32.2. The number of carbonyl (C=O) groups excluding carboxylic acids is 1. The number of thioether (sulfide) groups is 1. The predicted molar refractivity (Wildman–Crippen MR) is 147 cm³/mol. The minimum atomic E-state index is -0.407. The Morgan fingerprint density at radius 1 is 1.00 bits per heavy atom. The van der Waals surface area contributed by atoms with Crippen LogP contribution in [0.4, 0.5) is 5.69 Å². The Labute approximate surface area is 222 Å². The van der Waals surface area contributed by atoms with Gasteiger partial charge in [0, 0.05) is 23.7 Å². The highest BCUT2D eigenvalue weighted by molar-refractivity contribution is 8.18. The first-order valence-corrected chi connectivity index (χ1v) is 14.2. The Morgan fingerprint density at radius 3 is 2.49 bits per heavy atom. The SMILES string of the molecule is O=C1C(=Cc2ccccc2OCc2cccc([N+](=O)[O-])c2)SC(=NC2CCCCC2)N1C1CCCCC1. The summed E-state index contributed by atoms with van der Waals surface area (Å²) in [5.41, 5.74) is 1.57. The van der Waals surface area contributed by atoms with Crippen LogP contribution in [0.25, 0.3) is 6.08 Å². The van der Waals surface area contributed by atoms with Gasteiger partial charge in [-0.15, -0.1) is 0 Å². The van der Waals surface area contributed by atoms with E-state index in [1.54, 1.807) is 12.1 Å². The number of hydrogen-bond acceptors (Lipinski definition) is 6. The first kappa shape index (κ1) is 25.5. The van der Waals surface area contributed by atoms with Crippen molar-refractivity contribution in [3.63, 3.8) is 0 Å². The van der Waals surface area contributed by atoms with Gasteiger partial charge in [-0.25, -0.2) is 0 Å². The van der Waals surface area contributed by atoms with Crippen LogP contribution in [0.3, 0.4) is 0 Å². The van der Waals surface area contributed by atoms with Crippen molar-refractivity contribution in [1.29, 1.82) is 0 Å². The number of ether oxygens (including phenoxy) is 1. The third-order valence-corrected chi connectivity index (χ3v) is 8.36. The third-order valence-electron chi connectivity index (χ3n) is 7.37. The molecule has 7 nitrogen and oxygen atoms in total. The summed E-state index contributed by atoms with van der Waals surface area (Å²) in [5.74, 6) is 0.678. The maximum absolute atomic E-state index is 13.7. The Morgan fingerprint density at radius 2 is 1.73 bits per heavy atom. The quantitative estimate of drug-likeness (QED) is 0.221. The van der Waals surface area contributed by atoms with Crippen LogP contribution in [0.15, 0.2) is 58.4 Å². The number of non-ortho nitro benzene ring substituents is 1. The van der Waals surface area contributed by atoms with Gasteiger partial charge in [-0.1, -0.05) is 68.9 Å². The van der Waals surface area contributed by atoms with Gasteiger partial charge in [-0.3, -0.25) is 24.8 Å². The molecule has 5 rings (SSSR count). The molecule has 2 saturated carbocycles. The Balaban J connectivity index is 1.38. The largest absolute Gasteiger partial charge is 0.488 e. The number of hydrogen-bond donors (Lipinski definition) is 0. The van der Waals surface area contributed by atoms with Crippen molar-refractivity contribution in [1.82, 2.24) is 4.90 Å². The van der Waals surface area contributed by atoms with Crippen LogP contribution < -0.4 is 4.74 Å². The maximum atomic E-state index is 13.7. The van der Waals surface area contributed by atoms with Crippen molar-refractivity contribution in [2.24, 2.45) is 4.99 Å². The lowest BCUT2D eigenvalue weighted by Gasteiger charge is -2.31. The maximum Gasteiger partial charge on any atom is 0.269 e. The first-order valence-electron chi connectivity index (χ1n) is 13.3. The normalized spacial score (nSPS) is 21.6. The number of nitrogens with zero attached hydrogens (tertiary/aromatic N) is 3. The van der Waals surface area contributed by atoms with E-state index >= 15 is 0 Å². The highest BCUT2D eigenvalue weighted by Gasteiger charge is 2.39. The summed E-state index contributed by atoms with van der Waals surface area (Å²) in [7, 11) is 0. The van der Waals surface area contributed by atoms with Crippen molar-refractivity contribution in [3.8, 4) is 5.75 Å². The lowest BCUT2D eigenvalue weighted by molar-refractivity contribution is -0.384. The van der Waals surface area contributed by atoms with Gasteiger partial charge in [0.25, 0.3) is 11.6 Å². The molecule has 0 atom stereocenters. The molecule has 8 heteroatoms. The molecule has 0 radical (unpaired) electrons. The van der Waals surface area contributed by atoms with Crippen LogP contribution in [0.2, 0.25) is 0 Å². The standard InChI is InChI=1S/C29H33N3O4S/c33-28-27(37-29(30-23-12-3-1-4-13-23)31(28)24-14-5-2-6-15-24)19-22-11-7-8-17-26(22)36-20-21-10-9-16-25(18-21)32(34)35/h7-11,16-19,23-24H,1-6,12-15,20H2. The Hall–Kier alpha value is -3.13. The Bertz CT molecular complexity index is 1200. The third kappa shape index (κ3) is 6.24. The molecule has 194 valence electrons. The minimum Gasteiger partial charge on any atom is -0.488 e. The van der Waals surface area contributed by atoms with E-state index in [1.165, 1.54) is 49.6 Å². The molecule has 1 saturated heterocycles. The zero-order valence-corrected chi connectivity index (χ0v) is 21.8. The number of aliphatic imine (C=N–C) groups is 1. The zero-order chi connectivity index (χ0) is 25.6. The summed E-state index contributed by atoms with van der Waals surface area (Å²) in [4.78, 5) is 32.2. The summed E-state index contributed by atoms with van der Waals surface area (Å²) in [5, 5.41) is 12.0. The van der Waals surface area contributed by atoms with Crippen LogP contribution in [0, 0.1) is 10.1 Å². The van der Waals surface area contributed by atoms with Crippen molar-refractivity contribution in [2.45, 2.75) is 82.9 Å². The molecule has 3 fully saturated rings. The molecular weight excluding hydrogens is 486 g/mol. The summed E-state index contributed by atoms with van der Waals surface area (Å²) in [6.07, 6.45) is 13.4. The monoisotopic (exact) mass is 519 g/mol. The lowest BCUT2D eigenvalue weighted by Crippen LogP contribution is -2.41. The molecule has 1 aliphatic heterocycles. The average Bonchev–Trinajstić information content (AvgIpc) is 3.23. The average molecular weight is 520 g/mol. The van der Waals surface area contributed by atoms with Crippen LogP contribution in [0.5, 0.6) is 5.75 Å². The summed E-state index contributed by atoms with van der Waals surface area (Å²) >= 11 is 1.49. The van der Waals surface area contributed by atoms with E-state index in [0.717, 1.165) is 49.3 Å². The van der Waals surface area contributed by atoms with Crippen LogP contribution in [-0.4, -0.2) is 33.0 Å². The number of rotatable bonds is 7.